The quantitative estimate of drug-likeness (QED) is 0.611. The Labute approximate surface area is 85.9 Å². The number of hydrogen-bond acceptors (Lipinski definition) is 4. The van der Waals surface area contributed by atoms with Gasteiger partial charge in [-0.05, 0) is 0 Å². The second-order valence-electron chi connectivity index (χ2n) is 3.20. The van der Waals surface area contributed by atoms with Gasteiger partial charge >= 0.3 is 85.7 Å². The van der Waals surface area contributed by atoms with Gasteiger partial charge in [-0.1, -0.05) is 0 Å². The molecule has 0 saturated carbocycles. The van der Waals surface area contributed by atoms with Gasteiger partial charge in [0.1, 0.15) is 0 Å². The third-order valence-electron chi connectivity index (χ3n) is 2.02. The molecule has 0 atom stereocenters. The molecule has 5 heteroatoms. The molecule has 0 aromatic rings. The third-order valence-corrected chi connectivity index (χ3v) is 6.44. The molecule has 0 aromatic heterocycles. The summed E-state index contributed by atoms with van der Waals surface area (Å²) >= 11 is -2.82. The van der Waals surface area contributed by atoms with Gasteiger partial charge in [0.15, 0.2) is 0 Å². The fourth-order valence-corrected chi connectivity index (χ4v) is 3.83. The Hall–Kier alpha value is 0.554. The Morgan fingerprint density at radius 2 is 1.46 bits per heavy atom. The summed E-state index contributed by atoms with van der Waals surface area (Å²) in [6.07, 6.45) is 1.06. The molecule has 0 aliphatic carbocycles. The average Bonchev–Trinajstić information content (AvgIpc) is 2.13. The molecule has 0 bridgehead atoms. The van der Waals surface area contributed by atoms with Crippen LogP contribution in [0.15, 0.2) is 0 Å². The van der Waals surface area contributed by atoms with E-state index in [1.807, 2.05) is 0 Å². The van der Waals surface area contributed by atoms with Crippen LogP contribution in [0.2, 0.25) is 4.73 Å². The van der Waals surface area contributed by atoms with E-state index in [0.29, 0.717) is 0 Å². The van der Waals surface area contributed by atoms with E-state index in [1.165, 1.54) is 0 Å². The van der Waals surface area contributed by atoms with E-state index < -0.39 is 17.8 Å². The molecule has 0 heterocycles. The SMILES string of the molecule is C[O][Ti]([CH2]CCN(C)C)([O]C)[O]C. The molecule has 0 aliphatic heterocycles. The molecule has 0 aliphatic rings. The van der Waals surface area contributed by atoms with Gasteiger partial charge < -0.3 is 0 Å². The number of nitrogens with zero attached hydrogens (tertiary/aromatic N) is 1. The number of hydrogen-bond donors (Lipinski definition) is 0. The maximum atomic E-state index is 5.34. The summed E-state index contributed by atoms with van der Waals surface area (Å²) in [5, 5.41) is 0. The molecule has 0 N–H and O–H groups in total. The fraction of sp³-hybridized carbons (Fsp3) is 1.00. The van der Waals surface area contributed by atoms with Crippen LogP contribution < -0.4 is 0 Å². The Bertz CT molecular complexity index is 120. The minimum absolute atomic E-state index is 0.918. The van der Waals surface area contributed by atoms with Crippen molar-refractivity contribution in [1.82, 2.24) is 4.90 Å². The summed E-state index contributed by atoms with van der Waals surface area (Å²) in [7, 11) is 9.12. The van der Waals surface area contributed by atoms with E-state index in [0.717, 1.165) is 17.7 Å². The first-order valence-corrected chi connectivity index (χ1v) is 7.42. The van der Waals surface area contributed by atoms with Crippen molar-refractivity contribution in [3.63, 3.8) is 0 Å². The van der Waals surface area contributed by atoms with E-state index in [4.69, 9.17) is 9.96 Å². The van der Waals surface area contributed by atoms with Crippen LogP contribution in [0, 0.1) is 0 Å². The van der Waals surface area contributed by atoms with Gasteiger partial charge in [-0.3, -0.25) is 0 Å². The zero-order valence-corrected chi connectivity index (χ0v) is 10.9. The summed E-state index contributed by atoms with van der Waals surface area (Å²) in [5.41, 5.74) is 0. The average molecular weight is 227 g/mol. The molecule has 0 unspecified atom stereocenters. The monoisotopic (exact) mass is 227 g/mol. The van der Waals surface area contributed by atoms with E-state index in [9.17, 15) is 0 Å². The Morgan fingerprint density at radius 3 is 1.77 bits per heavy atom. The molecule has 0 rings (SSSR count). The molecule has 0 spiro atoms. The van der Waals surface area contributed by atoms with Gasteiger partial charge in [-0.2, -0.15) is 0 Å². The van der Waals surface area contributed by atoms with E-state index >= 15 is 0 Å². The Morgan fingerprint density at radius 1 is 1.00 bits per heavy atom. The molecular weight excluding hydrogens is 206 g/mol. The van der Waals surface area contributed by atoms with Gasteiger partial charge in [-0.25, -0.2) is 0 Å². The van der Waals surface area contributed by atoms with Gasteiger partial charge in [0.2, 0.25) is 0 Å². The molecule has 4 nitrogen and oxygen atoms in total. The van der Waals surface area contributed by atoms with Crippen molar-refractivity contribution in [3.05, 3.63) is 0 Å². The molecule has 0 saturated heterocycles. The van der Waals surface area contributed by atoms with Gasteiger partial charge in [0.25, 0.3) is 0 Å². The van der Waals surface area contributed by atoms with Crippen molar-refractivity contribution in [1.29, 1.82) is 0 Å². The van der Waals surface area contributed by atoms with Crippen molar-refractivity contribution in [2.24, 2.45) is 0 Å². The third kappa shape index (κ3) is 5.10. The van der Waals surface area contributed by atoms with E-state index in [1.54, 1.807) is 21.3 Å². The van der Waals surface area contributed by atoms with E-state index in [2.05, 4.69) is 19.0 Å². The molecular formula is C8H21NO3Ti. The van der Waals surface area contributed by atoms with Gasteiger partial charge in [-0.15, -0.1) is 0 Å². The van der Waals surface area contributed by atoms with Crippen molar-refractivity contribution >= 4 is 0 Å². The maximum absolute atomic E-state index is 5.34. The van der Waals surface area contributed by atoms with Crippen LogP contribution >= 0.6 is 0 Å². The molecule has 0 radical (unpaired) electrons. The molecule has 13 heavy (non-hydrogen) atoms. The first kappa shape index (κ1) is 13.6. The normalized spacial score (nSPS) is 12.5. The molecule has 80 valence electrons. The van der Waals surface area contributed by atoms with Crippen LogP contribution in [0.4, 0.5) is 0 Å². The first-order valence-electron chi connectivity index (χ1n) is 4.40. The van der Waals surface area contributed by atoms with Crippen LogP contribution in [0.25, 0.3) is 0 Å². The summed E-state index contributed by atoms with van der Waals surface area (Å²) < 4.78 is 16.9. The second-order valence-corrected chi connectivity index (χ2v) is 8.03. The first-order chi connectivity index (χ1) is 6.10. The predicted molar refractivity (Wildman–Crippen MR) is 49.0 cm³/mol. The Kier molecular flexibility index (Phi) is 7.22. The molecule has 0 aromatic carbocycles. The van der Waals surface area contributed by atoms with Crippen LogP contribution in [-0.4, -0.2) is 46.9 Å². The fourth-order valence-electron chi connectivity index (χ4n) is 1.17. The standard InChI is InChI=1S/C5H12N.3CH3O.Ti/c1-4-5-6(2)3;3*1-2;/h1,4-5H2,2-3H3;3*1H3;/q;3*-1;+3. The zero-order valence-electron chi connectivity index (χ0n) is 9.29. The van der Waals surface area contributed by atoms with E-state index in [-0.39, 0.29) is 0 Å². The molecule has 0 fully saturated rings. The van der Waals surface area contributed by atoms with Crippen molar-refractivity contribution in [3.8, 4) is 0 Å². The summed E-state index contributed by atoms with van der Waals surface area (Å²) in [6.45, 7) is 1.04. The van der Waals surface area contributed by atoms with Crippen molar-refractivity contribution in [2.45, 2.75) is 11.1 Å². The Balaban J connectivity index is 3.81. The number of rotatable bonds is 7. The van der Waals surface area contributed by atoms with Crippen LogP contribution in [0.1, 0.15) is 6.42 Å². The van der Waals surface area contributed by atoms with Crippen molar-refractivity contribution < 1.29 is 27.7 Å². The minimum atomic E-state index is -2.82. The second kappa shape index (κ2) is 6.93. The van der Waals surface area contributed by atoms with Crippen molar-refractivity contribution in [2.75, 3.05) is 42.0 Å². The van der Waals surface area contributed by atoms with Gasteiger partial charge in [0.05, 0.1) is 0 Å². The van der Waals surface area contributed by atoms with Crippen LogP contribution in [-0.2, 0) is 27.7 Å². The summed E-state index contributed by atoms with van der Waals surface area (Å²) in [5.74, 6) is 0. The summed E-state index contributed by atoms with van der Waals surface area (Å²) in [4.78, 5) is 2.15. The molecule has 0 amide bonds. The zero-order chi connectivity index (χ0) is 10.3. The van der Waals surface area contributed by atoms with Crippen LogP contribution in [0.5, 0.6) is 0 Å². The predicted octanol–water partition coefficient (Wildman–Crippen LogP) is 1.19. The van der Waals surface area contributed by atoms with Gasteiger partial charge in [0, 0.05) is 0 Å². The summed E-state index contributed by atoms with van der Waals surface area (Å²) in [6, 6.07) is 0. The van der Waals surface area contributed by atoms with Crippen LogP contribution in [0.3, 0.4) is 0 Å². The topological polar surface area (TPSA) is 30.9 Å².